The summed E-state index contributed by atoms with van der Waals surface area (Å²) >= 11 is 0. The van der Waals surface area contributed by atoms with Gasteiger partial charge in [0.05, 0.1) is 12.5 Å². The molecule has 1 nitrogen and oxygen atoms in total. The lowest BCUT2D eigenvalue weighted by Crippen LogP contribution is -1.83. The molecule has 1 aromatic heterocycles. The second-order valence-electron chi connectivity index (χ2n) is 3.00. The van der Waals surface area contributed by atoms with Crippen molar-refractivity contribution in [3.05, 3.63) is 48.2 Å². The normalized spacial score (nSPS) is 10.3. The summed E-state index contributed by atoms with van der Waals surface area (Å²) in [4.78, 5) is 0. The van der Waals surface area contributed by atoms with E-state index in [0.29, 0.717) is 5.56 Å². The van der Waals surface area contributed by atoms with E-state index in [2.05, 4.69) is 0 Å². The largest absolute Gasteiger partial charge is 0.472 e. The van der Waals surface area contributed by atoms with Crippen LogP contribution in [0, 0.1) is 12.7 Å². The highest BCUT2D eigenvalue weighted by Gasteiger charge is 2.05. The van der Waals surface area contributed by atoms with Gasteiger partial charge in [-0.15, -0.1) is 0 Å². The highest BCUT2D eigenvalue weighted by Crippen LogP contribution is 2.23. The smallest absolute Gasteiger partial charge is 0.131 e. The number of hydrogen-bond acceptors (Lipinski definition) is 1. The Morgan fingerprint density at radius 3 is 2.69 bits per heavy atom. The summed E-state index contributed by atoms with van der Waals surface area (Å²) in [5.74, 6) is -0.207. The van der Waals surface area contributed by atoms with Crippen LogP contribution in [0.15, 0.2) is 41.2 Å². The number of halogens is 1. The molecule has 1 heterocycles. The number of hydrogen-bond donors (Lipinski definition) is 0. The van der Waals surface area contributed by atoms with Crippen molar-refractivity contribution >= 4 is 0 Å². The van der Waals surface area contributed by atoms with E-state index in [4.69, 9.17) is 4.42 Å². The molecule has 0 saturated carbocycles. The molecule has 1 aromatic carbocycles. The molecule has 0 unspecified atom stereocenters. The lowest BCUT2D eigenvalue weighted by molar-refractivity contribution is 0.567. The third-order valence-electron chi connectivity index (χ3n) is 1.96. The fraction of sp³-hybridized carbons (Fsp3) is 0.0909. The first-order valence-corrected chi connectivity index (χ1v) is 4.06. The van der Waals surface area contributed by atoms with Gasteiger partial charge in [0, 0.05) is 11.1 Å². The van der Waals surface area contributed by atoms with Gasteiger partial charge in [0.2, 0.25) is 0 Å². The zero-order valence-corrected chi connectivity index (χ0v) is 7.25. The third-order valence-corrected chi connectivity index (χ3v) is 1.96. The first-order chi connectivity index (χ1) is 6.27. The minimum Gasteiger partial charge on any atom is -0.472 e. The van der Waals surface area contributed by atoms with Gasteiger partial charge in [-0.05, 0) is 24.6 Å². The van der Waals surface area contributed by atoms with E-state index < -0.39 is 0 Å². The maximum absolute atomic E-state index is 13.4. The molecule has 0 atom stereocenters. The van der Waals surface area contributed by atoms with Crippen molar-refractivity contribution in [2.24, 2.45) is 0 Å². The first-order valence-electron chi connectivity index (χ1n) is 4.06. The molecule has 0 fully saturated rings. The van der Waals surface area contributed by atoms with Crippen molar-refractivity contribution < 1.29 is 8.81 Å². The maximum atomic E-state index is 13.4. The summed E-state index contributed by atoms with van der Waals surface area (Å²) in [5.41, 5.74) is 2.28. The van der Waals surface area contributed by atoms with Gasteiger partial charge in [0.25, 0.3) is 0 Å². The number of furan rings is 1. The Kier molecular flexibility index (Phi) is 1.89. The minimum atomic E-state index is -0.207. The van der Waals surface area contributed by atoms with Crippen LogP contribution in [0.25, 0.3) is 11.1 Å². The molecule has 0 aliphatic heterocycles. The average molecular weight is 176 g/mol. The molecule has 0 saturated heterocycles. The molecule has 0 radical (unpaired) electrons. The summed E-state index contributed by atoms with van der Waals surface area (Å²) in [7, 11) is 0. The quantitative estimate of drug-likeness (QED) is 0.649. The van der Waals surface area contributed by atoms with Gasteiger partial charge in [0.15, 0.2) is 0 Å². The molecule has 0 amide bonds. The van der Waals surface area contributed by atoms with Crippen molar-refractivity contribution in [1.82, 2.24) is 0 Å². The van der Waals surface area contributed by atoms with Crippen molar-refractivity contribution in [3.63, 3.8) is 0 Å². The lowest BCUT2D eigenvalue weighted by Gasteiger charge is -2.00. The molecule has 13 heavy (non-hydrogen) atoms. The first kappa shape index (κ1) is 8.05. The SMILES string of the molecule is Cc1ccc(-c2ccoc2)c(F)c1. The van der Waals surface area contributed by atoms with Crippen molar-refractivity contribution in [2.75, 3.05) is 0 Å². The standard InChI is InChI=1S/C11H9FO/c1-8-2-3-10(11(12)6-8)9-4-5-13-7-9/h2-7H,1H3. The van der Waals surface area contributed by atoms with Gasteiger partial charge in [-0.3, -0.25) is 0 Å². The van der Waals surface area contributed by atoms with Crippen molar-refractivity contribution in [1.29, 1.82) is 0 Å². The van der Waals surface area contributed by atoms with Crippen LogP contribution < -0.4 is 0 Å². The summed E-state index contributed by atoms with van der Waals surface area (Å²) in [6.45, 7) is 1.86. The van der Waals surface area contributed by atoms with E-state index in [-0.39, 0.29) is 5.82 Å². The average Bonchev–Trinajstić information content (AvgIpc) is 2.56. The molecule has 0 aliphatic carbocycles. The third kappa shape index (κ3) is 1.47. The van der Waals surface area contributed by atoms with E-state index in [9.17, 15) is 4.39 Å². The van der Waals surface area contributed by atoms with Crippen LogP contribution >= 0.6 is 0 Å². The fourth-order valence-corrected chi connectivity index (χ4v) is 1.27. The second kappa shape index (κ2) is 3.05. The highest BCUT2D eigenvalue weighted by atomic mass is 19.1. The van der Waals surface area contributed by atoms with Crippen LogP contribution in [-0.4, -0.2) is 0 Å². The zero-order chi connectivity index (χ0) is 9.26. The van der Waals surface area contributed by atoms with E-state index in [1.807, 2.05) is 13.0 Å². The molecular formula is C11H9FO. The Balaban J connectivity index is 2.53. The van der Waals surface area contributed by atoms with Crippen LogP contribution in [0.5, 0.6) is 0 Å². The molecule has 0 aliphatic rings. The fourth-order valence-electron chi connectivity index (χ4n) is 1.27. The molecule has 2 rings (SSSR count). The molecule has 2 aromatic rings. The summed E-state index contributed by atoms with van der Waals surface area (Å²) in [5, 5.41) is 0. The van der Waals surface area contributed by atoms with Gasteiger partial charge in [-0.1, -0.05) is 12.1 Å². The molecular weight excluding hydrogens is 167 g/mol. The van der Waals surface area contributed by atoms with Crippen LogP contribution in [0.2, 0.25) is 0 Å². The second-order valence-corrected chi connectivity index (χ2v) is 3.00. The number of benzene rings is 1. The topological polar surface area (TPSA) is 13.1 Å². The van der Waals surface area contributed by atoms with E-state index in [1.165, 1.54) is 18.6 Å². The predicted octanol–water partition coefficient (Wildman–Crippen LogP) is 3.39. The van der Waals surface area contributed by atoms with Gasteiger partial charge in [0.1, 0.15) is 5.82 Å². The lowest BCUT2D eigenvalue weighted by atomic mass is 10.1. The molecule has 2 heteroatoms. The Morgan fingerprint density at radius 2 is 2.08 bits per heavy atom. The van der Waals surface area contributed by atoms with Crippen molar-refractivity contribution in [2.45, 2.75) is 6.92 Å². The van der Waals surface area contributed by atoms with Crippen LogP contribution in [0.4, 0.5) is 4.39 Å². The van der Waals surface area contributed by atoms with Gasteiger partial charge < -0.3 is 4.42 Å². The zero-order valence-electron chi connectivity index (χ0n) is 7.25. The predicted molar refractivity (Wildman–Crippen MR) is 48.8 cm³/mol. The molecule has 66 valence electrons. The Hall–Kier alpha value is -1.57. The molecule has 0 bridgehead atoms. The van der Waals surface area contributed by atoms with Gasteiger partial charge in [-0.2, -0.15) is 0 Å². The summed E-state index contributed by atoms with van der Waals surface area (Å²) in [6, 6.07) is 6.90. The van der Waals surface area contributed by atoms with Crippen molar-refractivity contribution in [3.8, 4) is 11.1 Å². The number of rotatable bonds is 1. The Morgan fingerprint density at radius 1 is 1.23 bits per heavy atom. The van der Waals surface area contributed by atoms with Gasteiger partial charge in [-0.25, -0.2) is 4.39 Å². The van der Waals surface area contributed by atoms with E-state index >= 15 is 0 Å². The molecule has 0 N–H and O–H groups in total. The van der Waals surface area contributed by atoms with E-state index in [1.54, 1.807) is 12.1 Å². The Labute approximate surface area is 75.8 Å². The highest BCUT2D eigenvalue weighted by molar-refractivity contribution is 5.62. The van der Waals surface area contributed by atoms with Gasteiger partial charge >= 0.3 is 0 Å². The summed E-state index contributed by atoms with van der Waals surface area (Å²) < 4.78 is 18.3. The number of aryl methyl sites for hydroxylation is 1. The van der Waals surface area contributed by atoms with Crippen LogP contribution in [0.3, 0.4) is 0 Å². The molecule has 0 spiro atoms. The minimum absolute atomic E-state index is 0.207. The van der Waals surface area contributed by atoms with E-state index in [0.717, 1.165) is 11.1 Å². The monoisotopic (exact) mass is 176 g/mol. The van der Waals surface area contributed by atoms with Crippen LogP contribution in [-0.2, 0) is 0 Å². The Bertz CT molecular complexity index is 404. The summed E-state index contributed by atoms with van der Waals surface area (Å²) in [6.07, 6.45) is 3.07. The van der Waals surface area contributed by atoms with Crippen LogP contribution in [0.1, 0.15) is 5.56 Å². The maximum Gasteiger partial charge on any atom is 0.131 e.